The van der Waals surface area contributed by atoms with Gasteiger partial charge in [0.05, 0.1) is 31.0 Å². The monoisotopic (exact) mass is 489 g/mol. The predicted octanol–water partition coefficient (Wildman–Crippen LogP) is 1.24. The van der Waals surface area contributed by atoms with Crippen LogP contribution >= 0.6 is 0 Å². The predicted molar refractivity (Wildman–Crippen MR) is 126 cm³/mol. The Bertz CT molecular complexity index is 975. The number of carbonyl (C=O) groups excluding carboxylic acids is 4. The SMILES string of the molecule is CC(=O)NC[C@H]1CN(c2ccc(N3CCN(C(=O)CNC(=O)C4CCCC4)CC3)c(F)c2)C(=O)O1. The Morgan fingerprint density at radius 2 is 1.80 bits per heavy atom. The number of rotatable bonds is 7. The average molecular weight is 490 g/mol. The van der Waals surface area contributed by atoms with Crippen LogP contribution in [0.4, 0.5) is 20.6 Å². The van der Waals surface area contributed by atoms with Crippen LogP contribution in [0.1, 0.15) is 32.6 Å². The van der Waals surface area contributed by atoms with E-state index >= 15 is 0 Å². The van der Waals surface area contributed by atoms with Crippen LogP contribution in [0, 0.1) is 11.7 Å². The van der Waals surface area contributed by atoms with E-state index < -0.39 is 18.0 Å². The van der Waals surface area contributed by atoms with Crippen molar-refractivity contribution in [3.8, 4) is 0 Å². The fourth-order valence-corrected chi connectivity index (χ4v) is 4.82. The molecule has 3 fully saturated rings. The van der Waals surface area contributed by atoms with Gasteiger partial charge in [-0.25, -0.2) is 9.18 Å². The van der Waals surface area contributed by atoms with Crippen LogP contribution in [0.15, 0.2) is 18.2 Å². The number of hydrogen-bond donors (Lipinski definition) is 2. The zero-order valence-corrected chi connectivity index (χ0v) is 19.9. The number of nitrogens with zero attached hydrogens (tertiary/aromatic N) is 3. The van der Waals surface area contributed by atoms with Gasteiger partial charge in [-0.1, -0.05) is 12.8 Å². The molecule has 0 bridgehead atoms. The molecule has 4 rings (SSSR count). The first-order valence-electron chi connectivity index (χ1n) is 12.1. The molecule has 0 spiro atoms. The topological polar surface area (TPSA) is 111 Å². The lowest BCUT2D eigenvalue weighted by atomic mass is 10.1. The number of piperazine rings is 1. The van der Waals surface area contributed by atoms with Crippen molar-refractivity contribution in [2.45, 2.75) is 38.7 Å². The van der Waals surface area contributed by atoms with E-state index in [0.717, 1.165) is 25.7 Å². The van der Waals surface area contributed by atoms with E-state index in [1.54, 1.807) is 17.0 Å². The minimum atomic E-state index is -0.584. The van der Waals surface area contributed by atoms with Gasteiger partial charge in [0.1, 0.15) is 11.9 Å². The fourth-order valence-electron chi connectivity index (χ4n) is 4.82. The number of nitrogens with one attached hydrogen (secondary N) is 2. The van der Waals surface area contributed by atoms with Crippen LogP contribution in [0.3, 0.4) is 0 Å². The van der Waals surface area contributed by atoms with Crippen molar-refractivity contribution in [1.82, 2.24) is 15.5 Å². The van der Waals surface area contributed by atoms with Crippen molar-refractivity contribution in [3.05, 3.63) is 24.0 Å². The quantitative estimate of drug-likeness (QED) is 0.596. The van der Waals surface area contributed by atoms with Crippen molar-refractivity contribution in [3.63, 3.8) is 0 Å². The van der Waals surface area contributed by atoms with E-state index in [9.17, 15) is 23.6 Å². The molecular formula is C24H32FN5O5. The minimum Gasteiger partial charge on any atom is -0.442 e. The van der Waals surface area contributed by atoms with E-state index in [4.69, 9.17) is 4.74 Å². The summed E-state index contributed by atoms with van der Waals surface area (Å²) in [6.45, 7) is 3.58. The highest BCUT2D eigenvalue weighted by Gasteiger charge is 2.33. The molecule has 190 valence electrons. The summed E-state index contributed by atoms with van der Waals surface area (Å²) >= 11 is 0. The lowest BCUT2D eigenvalue weighted by molar-refractivity contribution is -0.134. The molecule has 2 N–H and O–H groups in total. The van der Waals surface area contributed by atoms with Gasteiger partial charge >= 0.3 is 6.09 Å². The molecule has 0 unspecified atom stereocenters. The molecule has 0 aromatic heterocycles. The molecule has 3 aliphatic rings. The highest BCUT2D eigenvalue weighted by molar-refractivity contribution is 5.90. The number of carbonyl (C=O) groups is 4. The van der Waals surface area contributed by atoms with Gasteiger partial charge in [-0.05, 0) is 31.0 Å². The third kappa shape index (κ3) is 6.01. The van der Waals surface area contributed by atoms with Crippen LogP contribution in [0.2, 0.25) is 0 Å². The molecule has 4 amide bonds. The summed E-state index contributed by atoms with van der Waals surface area (Å²) in [5.74, 6) is -0.834. The summed E-state index contributed by atoms with van der Waals surface area (Å²) in [5, 5.41) is 5.37. The lowest BCUT2D eigenvalue weighted by Gasteiger charge is -2.36. The molecular weight excluding hydrogens is 457 g/mol. The van der Waals surface area contributed by atoms with Crippen molar-refractivity contribution in [1.29, 1.82) is 0 Å². The standard InChI is InChI=1S/C24H32FN5O5/c1-16(31)26-13-19-15-30(24(34)35-19)18-6-7-21(20(25)12-18)28-8-10-29(11-9-28)22(32)14-27-23(33)17-4-2-3-5-17/h6-7,12,17,19H,2-5,8-11,13-15H2,1H3,(H,26,31)(H,27,33)/t19-/m0/s1. The second kappa shape index (κ2) is 10.9. The van der Waals surface area contributed by atoms with Crippen LogP contribution in [0.25, 0.3) is 0 Å². The first kappa shape index (κ1) is 24.7. The third-order valence-corrected chi connectivity index (χ3v) is 6.81. The molecule has 0 radical (unpaired) electrons. The maximum Gasteiger partial charge on any atom is 0.414 e. The summed E-state index contributed by atoms with van der Waals surface area (Å²) in [4.78, 5) is 52.8. The molecule has 11 heteroatoms. The summed E-state index contributed by atoms with van der Waals surface area (Å²) in [6, 6.07) is 4.59. The highest BCUT2D eigenvalue weighted by Crippen LogP contribution is 2.28. The van der Waals surface area contributed by atoms with Crippen LogP contribution < -0.4 is 20.4 Å². The van der Waals surface area contributed by atoms with Gasteiger partial charge in [0.25, 0.3) is 0 Å². The van der Waals surface area contributed by atoms with Gasteiger partial charge < -0.3 is 25.2 Å². The normalized spacial score (nSPS) is 20.7. The largest absolute Gasteiger partial charge is 0.442 e. The summed E-state index contributed by atoms with van der Waals surface area (Å²) in [5.41, 5.74) is 0.783. The number of ether oxygens (including phenoxy) is 1. The molecule has 1 aliphatic carbocycles. The lowest BCUT2D eigenvalue weighted by Crippen LogP contribution is -2.51. The van der Waals surface area contributed by atoms with Gasteiger partial charge in [0.2, 0.25) is 17.7 Å². The number of benzene rings is 1. The summed E-state index contributed by atoms with van der Waals surface area (Å²) in [7, 11) is 0. The Labute approximate surface area is 203 Å². The zero-order chi connectivity index (χ0) is 24.9. The van der Waals surface area contributed by atoms with Crippen molar-refractivity contribution >= 4 is 35.2 Å². The number of halogens is 1. The average Bonchev–Trinajstić information content (AvgIpc) is 3.51. The van der Waals surface area contributed by atoms with Crippen molar-refractivity contribution in [2.24, 2.45) is 5.92 Å². The molecule has 1 atom stereocenters. The van der Waals surface area contributed by atoms with Crippen molar-refractivity contribution in [2.75, 3.05) is 55.6 Å². The highest BCUT2D eigenvalue weighted by atomic mass is 19.1. The van der Waals surface area contributed by atoms with E-state index in [1.165, 1.54) is 17.9 Å². The van der Waals surface area contributed by atoms with Crippen LogP contribution in [-0.4, -0.2) is 80.6 Å². The van der Waals surface area contributed by atoms with Gasteiger partial charge in [-0.2, -0.15) is 0 Å². The molecule has 1 aromatic carbocycles. The van der Waals surface area contributed by atoms with Gasteiger partial charge in [-0.3, -0.25) is 19.3 Å². The number of cyclic esters (lactones) is 1. The summed E-state index contributed by atoms with van der Waals surface area (Å²) < 4.78 is 20.2. The Hall–Kier alpha value is -3.37. The van der Waals surface area contributed by atoms with Crippen LogP contribution in [0.5, 0.6) is 0 Å². The fraction of sp³-hybridized carbons (Fsp3) is 0.583. The van der Waals surface area contributed by atoms with Crippen molar-refractivity contribution < 1.29 is 28.3 Å². The Morgan fingerprint density at radius 3 is 2.46 bits per heavy atom. The maximum atomic E-state index is 15.0. The summed E-state index contributed by atoms with van der Waals surface area (Å²) in [6.07, 6.45) is 2.82. The Balaban J connectivity index is 1.27. The second-order valence-corrected chi connectivity index (χ2v) is 9.26. The Morgan fingerprint density at radius 1 is 1.09 bits per heavy atom. The van der Waals surface area contributed by atoms with Gasteiger partial charge in [0.15, 0.2) is 0 Å². The molecule has 35 heavy (non-hydrogen) atoms. The smallest absolute Gasteiger partial charge is 0.414 e. The molecule has 2 heterocycles. The van der Waals surface area contributed by atoms with Crippen LogP contribution in [-0.2, 0) is 19.1 Å². The van der Waals surface area contributed by atoms with E-state index in [-0.39, 0.29) is 43.3 Å². The van der Waals surface area contributed by atoms with E-state index in [0.29, 0.717) is 37.6 Å². The number of hydrogen-bond acceptors (Lipinski definition) is 6. The first-order chi connectivity index (χ1) is 16.8. The molecule has 1 aromatic rings. The number of anilines is 2. The zero-order valence-electron chi connectivity index (χ0n) is 19.9. The molecule has 2 aliphatic heterocycles. The van der Waals surface area contributed by atoms with E-state index in [2.05, 4.69) is 10.6 Å². The van der Waals surface area contributed by atoms with Gasteiger partial charge in [-0.15, -0.1) is 0 Å². The minimum absolute atomic E-state index is 0.00669. The van der Waals surface area contributed by atoms with Gasteiger partial charge in [0, 0.05) is 39.0 Å². The third-order valence-electron chi connectivity index (χ3n) is 6.81. The Kier molecular flexibility index (Phi) is 7.72. The first-order valence-corrected chi connectivity index (χ1v) is 12.1. The molecule has 10 nitrogen and oxygen atoms in total. The second-order valence-electron chi connectivity index (χ2n) is 9.26. The van der Waals surface area contributed by atoms with E-state index in [1.807, 2.05) is 4.90 Å². The number of amides is 4. The maximum absolute atomic E-state index is 15.0. The molecule has 1 saturated carbocycles. The molecule has 2 saturated heterocycles.